The van der Waals surface area contributed by atoms with E-state index in [-0.39, 0.29) is 23.7 Å². The molecule has 1 aromatic carbocycles. The zero-order valence-electron chi connectivity index (χ0n) is 16.7. The molecule has 0 spiro atoms. The van der Waals surface area contributed by atoms with Gasteiger partial charge in [-0.3, -0.25) is 14.9 Å². The van der Waals surface area contributed by atoms with Gasteiger partial charge in [-0.25, -0.2) is 14.4 Å². The molecule has 3 rings (SSSR count). The number of aromatic nitrogens is 2. The Morgan fingerprint density at radius 1 is 1.23 bits per heavy atom. The van der Waals surface area contributed by atoms with Crippen LogP contribution in [0.4, 0.5) is 17.6 Å². The van der Waals surface area contributed by atoms with Crippen LogP contribution in [0.25, 0.3) is 0 Å². The van der Waals surface area contributed by atoms with E-state index >= 15 is 0 Å². The van der Waals surface area contributed by atoms with Crippen LogP contribution in [0.15, 0.2) is 36.7 Å². The first kappa shape index (κ1) is 22.6. The van der Waals surface area contributed by atoms with Crippen LogP contribution < -0.4 is 16.0 Å². The van der Waals surface area contributed by atoms with E-state index in [0.717, 1.165) is 12.1 Å². The Hall–Kier alpha value is -3.08. The Bertz CT molecular complexity index is 952. The van der Waals surface area contributed by atoms with Crippen LogP contribution in [0.1, 0.15) is 49.4 Å². The highest BCUT2D eigenvalue weighted by Crippen LogP contribution is 2.33. The Morgan fingerprint density at radius 3 is 2.48 bits per heavy atom. The summed E-state index contributed by atoms with van der Waals surface area (Å²) >= 11 is 0. The molecule has 11 heteroatoms. The lowest BCUT2D eigenvalue weighted by molar-refractivity contribution is -0.140. The predicted molar refractivity (Wildman–Crippen MR) is 102 cm³/mol. The van der Waals surface area contributed by atoms with Gasteiger partial charge in [0, 0.05) is 12.4 Å². The smallest absolute Gasteiger partial charge is 0.348 e. The first-order valence-corrected chi connectivity index (χ1v) is 9.55. The van der Waals surface area contributed by atoms with Crippen molar-refractivity contribution in [3.8, 4) is 0 Å². The van der Waals surface area contributed by atoms with Crippen molar-refractivity contribution in [2.45, 2.75) is 44.7 Å². The molecule has 0 bridgehead atoms. The second-order valence-electron chi connectivity index (χ2n) is 7.50. The highest BCUT2D eigenvalue weighted by Gasteiger charge is 2.36. The van der Waals surface area contributed by atoms with Crippen LogP contribution in [-0.4, -0.2) is 27.8 Å². The van der Waals surface area contributed by atoms with E-state index in [1.54, 1.807) is 19.9 Å². The molecule has 1 aliphatic heterocycles. The molecule has 0 radical (unpaired) electrons. The average molecular weight is 439 g/mol. The molecule has 7 nitrogen and oxygen atoms in total. The lowest BCUT2D eigenvalue weighted by Crippen LogP contribution is -2.57. The summed E-state index contributed by atoms with van der Waals surface area (Å²) in [6.45, 7) is 3.48. The summed E-state index contributed by atoms with van der Waals surface area (Å²) in [4.78, 5) is 33.0. The van der Waals surface area contributed by atoms with Crippen molar-refractivity contribution in [1.29, 1.82) is 0 Å². The van der Waals surface area contributed by atoms with Gasteiger partial charge in [-0.1, -0.05) is 19.9 Å². The van der Waals surface area contributed by atoms with Gasteiger partial charge in [0.15, 0.2) is 5.82 Å². The van der Waals surface area contributed by atoms with Crippen LogP contribution in [0.3, 0.4) is 0 Å². The zero-order valence-corrected chi connectivity index (χ0v) is 16.7. The van der Waals surface area contributed by atoms with Gasteiger partial charge in [-0.05, 0) is 29.7 Å². The van der Waals surface area contributed by atoms with Crippen molar-refractivity contribution in [3.63, 3.8) is 0 Å². The summed E-state index contributed by atoms with van der Waals surface area (Å²) in [5, 5.41) is 8.30. The summed E-state index contributed by atoms with van der Waals surface area (Å²) in [5.41, 5.74) is -1.18. The van der Waals surface area contributed by atoms with E-state index < -0.39 is 47.6 Å². The summed E-state index contributed by atoms with van der Waals surface area (Å²) < 4.78 is 52.6. The molecular formula is C20H21F4N5O2. The number of halogens is 4. The number of alkyl halides is 3. The second kappa shape index (κ2) is 8.96. The molecule has 2 heterocycles. The molecule has 31 heavy (non-hydrogen) atoms. The fourth-order valence-electron chi connectivity index (χ4n) is 3.32. The van der Waals surface area contributed by atoms with Crippen molar-refractivity contribution in [2.75, 3.05) is 0 Å². The molecule has 0 aliphatic carbocycles. The van der Waals surface area contributed by atoms with Gasteiger partial charge >= 0.3 is 6.18 Å². The summed E-state index contributed by atoms with van der Waals surface area (Å²) in [7, 11) is 0. The molecule has 3 atom stereocenters. The van der Waals surface area contributed by atoms with Crippen LogP contribution in [0.5, 0.6) is 0 Å². The van der Waals surface area contributed by atoms with Gasteiger partial charge in [0.05, 0.1) is 24.1 Å². The number of benzene rings is 1. The number of nitrogens with zero attached hydrogens (tertiary/aromatic N) is 2. The van der Waals surface area contributed by atoms with Gasteiger partial charge in [-0.15, -0.1) is 0 Å². The Kier molecular flexibility index (Phi) is 6.54. The lowest BCUT2D eigenvalue weighted by Gasteiger charge is -2.32. The maximum absolute atomic E-state index is 14.0. The topological polar surface area (TPSA) is 96.0 Å². The molecule has 2 unspecified atom stereocenters. The largest absolute Gasteiger partial charge is 0.419 e. The van der Waals surface area contributed by atoms with Gasteiger partial charge < -0.3 is 10.6 Å². The van der Waals surface area contributed by atoms with Crippen LogP contribution in [0, 0.1) is 11.7 Å². The highest BCUT2D eigenvalue weighted by molar-refractivity contribution is 5.89. The predicted octanol–water partition coefficient (Wildman–Crippen LogP) is 2.62. The molecule has 3 N–H and O–H groups in total. The van der Waals surface area contributed by atoms with Crippen molar-refractivity contribution in [2.24, 2.45) is 5.92 Å². The maximum atomic E-state index is 14.0. The summed E-state index contributed by atoms with van der Waals surface area (Å²) in [5.74, 6) is -2.33. The zero-order chi connectivity index (χ0) is 22.8. The average Bonchev–Trinajstić information content (AvgIpc) is 2.70. The van der Waals surface area contributed by atoms with Crippen molar-refractivity contribution in [1.82, 2.24) is 25.9 Å². The van der Waals surface area contributed by atoms with Crippen molar-refractivity contribution in [3.05, 3.63) is 59.4 Å². The fourth-order valence-corrected chi connectivity index (χ4v) is 3.32. The SMILES string of the molecule is CC(C)[C@@H](NC(=O)C1CC(=O)NC(c2ncccn2)N1)c1ccc(C(F)(F)F)c(F)c1. The normalized spacial score (nSPS) is 20.3. The molecule has 0 saturated carbocycles. The Morgan fingerprint density at radius 2 is 1.90 bits per heavy atom. The lowest BCUT2D eigenvalue weighted by atomic mass is 9.94. The second-order valence-corrected chi connectivity index (χ2v) is 7.50. The molecule has 2 amide bonds. The number of hydrogen-bond donors (Lipinski definition) is 3. The highest BCUT2D eigenvalue weighted by atomic mass is 19.4. The molecule has 1 aromatic heterocycles. The van der Waals surface area contributed by atoms with E-state index in [0.29, 0.717) is 6.07 Å². The quantitative estimate of drug-likeness (QED) is 0.623. The number of carbonyl (C=O) groups excluding carboxylic acids is 2. The number of hydrogen-bond acceptors (Lipinski definition) is 5. The summed E-state index contributed by atoms with van der Waals surface area (Å²) in [6, 6.07) is 2.48. The van der Waals surface area contributed by atoms with E-state index in [1.807, 2.05) is 0 Å². The minimum Gasteiger partial charge on any atom is -0.348 e. The maximum Gasteiger partial charge on any atom is 0.419 e. The third-order valence-corrected chi connectivity index (χ3v) is 4.85. The minimum absolute atomic E-state index is 0.151. The van der Waals surface area contributed by atoms with Crippen molar-refractivity contribution < 1.29 is 27.2 Å². The number of amides is 2. The van der Waals surface area contributed by atoms with Crippen LogP contribution >= 0.6 is 0 Å². The van der Waals surface area contributed by atoms with Gasteiger partial charge in [-0.2, -0.15) is 13.2 Å². The minimum atomic E-state index is -4.81. The first-order chi connectivity index (χ1) is 14.6. The third-order valence-electron chi connectivity index (χ3n) is 4.85. The van der Waals surface area contributed by atoms with E-state index in [1.165, 1.54) is 12.4 Å². The molecule has 1 fully saturated rings. The fraction of sp³-hybridized carbons (Fsp3) is 0.400. The number of nitrogens with one attached hydrogen (secondary N) is 3. The standard InChI is InChI=1S/C20H21F4N5O2/c1-10(2)16(11-4-5-12(13(21)8-11)20(22,23)24)29-19(31)14-9-15(30)28-18(27-14)17-25-6-3-7-26-17/h3-8,10,14,16,18,27H,9H2,1-2H3,(H,28,30)(H,29,31)/t14?,16-,18?/m1/s1. The Labute approximate surface area is 175 Å². The number of rotatable bonds is 5. The molecule has 1 saturated heterocycles. The third kappa shape index (κ3) is 5.35. The van der Waals surface area contributed by atoms with Crippen LogP contribution in [-0.2, 0) is 15.8 Å². The monoisotopic (exact) mass is 439 g/mol. The molecule has 2 aromatic rings. The van der Waals surface area contributed by atoms with Gasteiger partial charge in [0.2, 0.25) is 11.8 Å². The summed E-state index contributed by atoms with van der Waals surface area (Å²) in [6.07, 6.45) is -2.75. The molecular weight excluding hydrogens is 418 g/mol. The molecule has 166 valence electrons. The van der Waals surface area contributed by atoms with E-state index in [9.17, 15) is 27.2 Å². The first-order valence-electron chi connectivity index (χ1n) is 9.55. The van der Waals surface area contributed by atoms with E-state index in [4.69, 9.17) is 0 Å². The van der Waals surface area contributed by atoms with Gasteiger partial charge in [0.1, 0.15) is 12.0 Å². The van der Waals surface area contributed by atoms with Crippen molar-refractivity contribution >= 4 is 11.8 Å². The number of carbonyl (C=O) groups is 2. The van der Waals surface area contributed by atoms with Gasteiger partial charge in [0.25, 0.3) is 0 Å². The van der Waals surface area contributed by atoms with Crippen LogP contribution in [0.2, 0.25) is 0 Å². The van der Waals surface area contributed by atoms with E-state index in [2.05, 4.69) is 25.9 Å². The Balaban J connectivity index is 1.77. The molecule has 1 aliphatic rings.